The normalized spacial score (nSPS) is 13.7. The van der Waals surface area contributed by atoms with Crippen molar-refractivity contribution in [1.82, 2.24) is 14.8 Å². The Kier molecular flexibility index (Phi) is 11.5. The van der Waals surface area contributed by atoms with Gasteiger partial charge in [-0.25, -0.2) is 18.4 Å². The van der Waals surface area contributed by atoms with E-state index in [1.165, 1.54) is 47.6 Å². The van der Waals surface area contributed by atoms with Gasteiger partial charge < -0.3 is 4.74 Å². The average molecular weight is 588 g/mol. The standard InChI is InChI=1S/C23H23F2N3O2.C11H14.C2H6/c1-5-7-18-19(24)11-17(12-20(18)25)15-8-6-9-16(10-15)21-26-13-28(27-21)14-30-22(29)23(2,3)4;1-8-3-4-10-6-9(2)7-11(10)5-8;1-2/h5-6,8-13H,1,7,14H2,2-4H3;3-5,9H,6-7H2,1-2H3;1-2H3/t;9-;/m.1./s1. The molecule has 5 nitrogen and oxygen atoms in total. The molecule has 0 saturated carbocycles. The summed E-state index contributed by atoms with van der Waals surface area (Å²) < 4.78 is 35.2. The van der Waals surface area contributed by atoms with Crippen molar-refractivity contribution in [3.05, 3.63) is 107 Å². The van der Waals surface area contributed by atoms with Gasteiger partial charge in [0.1, 0.15) is 18.0 Å². The van der Waals surface area contributed by atoms with Crippen molar-refractivity contribution in [1.29, 1.82) is 0 Å². The van der Waals surface area contributed by atoms with Gasteiger partial charge in [0.15, 0.2) is 12.6 Å². The maximum absolute atomic E-state index is 14.3. The summed E-state index contributed by atoms with van der Waals surface area (Å²) in [5.41, 5.74) is 5.66. The number of aromatic nitrogens is 3. The van der Waals surface area contributed by atoms with Gasteiger partial charge in [-0.05, 0) is 93.3 Å². The van der Waals surface area contributed by atoms with Crippen LogP contribution in [0.15, 0.2) is 73.6 Å². The second kappa shape index (κ2) is 14.9. The number of allylic oxidation sites excluding steroid dienone is 1. The Morgan fingerprint density at radius 2 is 1.65 bits per heavy atom. The van der Waals surface area contributed by atoms with Crippen molar-refractivity contribution in [2.45, 2.75) is 74.5 Å². The Balaban J connectivity index is 0.000000322. The van der Waals surface area contributed by atoms with E-state index in [1.807, 2.05) is 13.8 Å². The summed E-state index contributed by atoms with van der Waals surface area (Å²) >= 11 is 0. The molecule has 0 amide bonds. The number of hydrogen-bond acceptors (Lipinski definition) is 4. The second-order valence-electron chi connectivity index (χ2n) is 11.7. The molecule has 0 unspecified atom stereocenters. The monoisotopic (exact) mass is 587 g/mol. The van der Waals surface area contributed by atoms with Crippen LogP contribution in [-0.4, -0.2) is 20.7 Å². The predicted octanol–water partition coefficient (Wildman–Crippen LogP) is 8.92. The molecule has 0 radical (unpaired) electrons. The van der Waals surface area contributed by atoms with Gasteiger partial charge in [-0.15, -0.1) is 11.7 Å². The molecule has 228 valence electrons. The van der Waals surface area contributed by atoms with Crippen LogP contribution in [0.2, 0.25) is 0 Å². The maximum atomic E-state index is 14.3. The lowest BCUT2D eigenvalue weighted by Crippen LogP contribution is -2.24. The minimum Gasteiger partial charge on any atom is -0.442 e. The third-order valence-corrected chi connectivity index (χ3v) is 6.92. The fourth-order valence-electron chi connectivity index (χ4n) is 4.74. The molecule has 43 heavy (non-hydrogen) atoms. The van der Waals surface area contributed by atoms with E-state index >= 15 is 0 Å². The Morgan fingerprint density at radius 1 is 1.00 bits per heavy atom. The summed E-state index contributed by atoms with van der Waals surface area (Å²) in [5.74, 6) is -0.290. The number of ether oxygens (including phenoxy) is 1. The van der Waals surface area contributed by atoms with Crippen LogP contribution < -0.4 is 0 Å². The first-order valence-corrected chi connectivity index (χ1v) is 14.8. The number of halogens is 2. The first-order valence-electron chi connectivity index (χ1n) is 14.8. The molecular formula is C36H43F2N3O2. The predicted molar refractivity (Wildman–Crippen MR) is 169 cm³/mol. The summed E-state index contributed by atoms with van der Waals surface area (Å²) in [6.07, 6.45) is 5.62. The molecule has 1 aliphatic rings. The van der Waals surface area contributed by atoms with E-state index in [2.05, 4.69) is 48.7 Å². The van der Waals surface area contributed by atoms with Gasteiger partial charge in [0, 0.05) is 11.1 Å². The van der Waals surface area contributed by atoms with Crippen molar-refractivity contribution in [3.8, 4) is 22.5 Å². The highest BCUT2D eigenvalue weighted by atomic mass is 19.1. The van der Waals surface area contributed by atoms with Crippen LogP contribution in [0.3, 0.4) is 0 Å². The van der Waals surface area contributed by atoms with Crippen LogP contribution in [0.5, 0.6) is 0 Å². The first kappa shape index (κ1) is 33.4. The molecule has 0 fully saturated rings. The summed E-state index contributed by atoms with van der Waals surface area (Å²) in [4.78, 5) is 16.1. The Hall–Kier alpha value is -4.13. The number of carbonyl (C=O) groups excluding carboxylic acids is 1. The number of nitrogens with zero attached hydrogens (tertiary/aromatic N) is 3. The molecule has 1 aromatic heterocycles. The zero-order chi connectivity index (χ0) is 31.7. The van der Waals surface area contributed by atoms with Gasteiger partial charge in [-0.1, -0.05) is 68.8 Å². The number of aryl methyl sites for hydroxylation is 1. The molecule has 0 spiro atoms. The van der Waals surface area contributed by atoms with E-state index in [9.17, 15) is 13.6 Å². The molecule has 0 bridgehead atoms. The van der Waals surface area contributed by atoms with Gasteiger partial charge in [-0.3, -0.25) is 4.79 Å². The maximum Gasteiger partial charge on any atom is 0.313 e. The van der Waals surface area contributed by atoms with E-state index in [0.717, 1.165) is 5.92 Å². The van der Waals surface area contributed by atoms with Crippen molar-refractivity contribution in [2.75, 3.05) is 0 Å². The molecule has 5 rings (SSSR count). The minimum atomic E-state index is -0.613. The molecule has 1 atom stereocenters. The summed E-state index contributed by atoms with van der Waals surface area (Å²) in [6, 6.07) is 16.5. The third-order valence-electron chi connectivity index (χ3n) is 6.92. The van der Waals surface area contributed by atoms with Gasteiger partial charge in [0.2, 0.25) is 0 Å². The third kappa shape index (κ3) is 8.93. The number of benzene rings is 3. The Labute approximate surface area is 254 Å². The quantitative estimate of drug-likeness (QED) is 0.167. The van der Waals surface area contributed by atoms with Crippen molar-refractivity contribution >= 4 is 5.97 Å². The molecule has 0 saturated heterocycles. The lowest BCUT2D eigenvalue weighted by molar-refractivity contribution is -0.157. The largest absolute Gasteiger partial charge is 0.442 e. The van der Waals surface area contributed by atoms with Crippen LogP contribution in [0.4, 0.5) is 8.78 Å². The molecule has 1 aliphatic carbocycles. The average Bonchev–Trinajstić information content (AvgIpc) is 3.60. The summed E-state index contributed by atoms with van der Waals surface area (Å²) in [7, 11) is 0. The molecule has 0 N–H and O–H groups in total. The molecule has 0 aliphatic heterocycles. The number of rotatable bonds is 6. The smallest absolute Gasteiger partial charge is 0.313 e. The highest BCUT2D eigenvalue weighted by Crippen LogP contribution is 2.29. The first-order chi connectivity index (χ1) is 20.4. The second-order valence-corrected chi connectivity index (χ2v) is 11.7. The Bertz CT molecular complexity index is 1530. The number of fused-ring (bicyclic) bond motifs is 1. The van der Waals surface area contributed by atoms with Gasteiger partial charge >= 0.3 is 5.97 Å². The zero-order valence-electron chi connectivity index (χ0n) is 26.4. The molecule has 1 heterocycles. The zero-order valence-corrected chi connectivity index (χ0v) is 26.4. The molecule has 4 aromatic rings. The fraction of sp³-hybridized carbons (Fsp3) is 0.361. The van der Waals surface area contributed by atoms with Crippen molar-refractivity contribution in [3.63, 3.8) is 0 Å². The molecule has 7 heteroatoms. The number of hydrogen-bond donors (Lipinski definition) is 0. The van der Waals surface area contributed by atoms with E-state index in [0.29, 0.717) is 22.5 Å². The van der Waals surface area contributed by atoms with Crippen LogP contribution in [0.25, 0.3) is 22.5 Å². The topological polar surface area (TPSA) is 57.0 Å². The van der Waals surface area contributed by atoms with E-state index in [-0.39, 0.29) is 24.7 Å². The van der Waals surface area contributed by atoms with Crippen LogP contribution in [0.1, 0.15) is 63.8 Å². The number of carbonyl (C=O) groups is 1. The lowest BCUT2D eigenvalue weighted by atomic mass is 9.98. The van der Waals surface area contributed by atoms with Crippen LogP contribution in [0, 0.1) is 29.9 Å². The van der Waals surface area contributed by atoms with Crippen LogP contribution in [-0.2, 0) is 35.5 Å². The summed E-state index contributed by atoms with van der Waals surface area (Å²) in [5, 5.41) is 4.31. The van der Waals surface area contributed by atoms with Gasteiger partial charge in [0.05, 0.1) is 5.41 Å². The van der Waals surface area contributed by atoms with Gasteiger partial charge in [-0.2, -0.15) is 0 Å². The van der Waals surface area contributed by atoms with E-state index in [4.69, 9.17) is 4.74 Å². The SMILES string of the molecule is C=CCc1c(F)cc(-c2cccc(-c3ncn(COC(=O)C(C)(C)C)n3)c2)cc1F.CC.Cc1ccc2c(c1)C[C@H](C)C2. The molecular weight excluding hydrogens is 544 g/mol. The fourth-order valence-corrected chi connectivity index (χ4v) is 4.74. The number of esters is 1. The Morgan fingerprint density at radius 3 is 2.30 bits per heavy atom. The van der Waals surface area contributed by atoms with E-state index < -0.39 is 17.0 Å². The van der Waals surface area contributed by atoms with Crippen molar-refractivity contribution in [2.24, 2.45) is 11.3 Å². The molecule has 3 aromatic carbocycles. The van der Waals surface area contributed by atoms with E-state index in [1.54, 1.807) is 56.2 Å². The lowest BCUT2D eigenvalue weighted by Gasteiger charge is -2.16. The van der Waals surface area contributed by atoms with Gasteiger partial charge in [0.25, 0.3) is 0 Å². The van der Waals surface area contributed by atoms with Crippen LogP contribution >= 0.6 is 0 Å². The highest BCUT2D eigenvalue weighted by molar-refractivity contribution is 5.75. The highest BCUT2D eigenvalue weighted by Gasteiger charge is 2.23. The summed E-state index contributed by atoms with van der Waals surface area (Å²) in [6.45, 7) is 17.3. The van der Waals surface area contributed by atoms with Crippen molar-refractivity contribution < 1.29 is 18.3 Å². The minimum absolute atomic E-state index is 0.00452.